The van der Waals surface area contributed by atoms with Gasteiger partial charge in [0.15, 0.2) is 0 Å². The van der Waals surface area contributed by atoms with Crippen molar-refractivity contribution in [2.75, 3.05) is 32.4 Å². The molecule has 1 atom stereocenters. The molecule has 9 heteroatoms. The van der Waals surface area contributed by atoms with Crippen LogP contribution in [0.5, 0.6) is 0 Å². The van der Waals surface area contributed by atoms with Gasteiger partial charge in [-0.2, -0.15) is 4.31 Å². The van der Waals surface area contributed by atoms with Crippen LogP contribution in [0.4, 0.5) is 0 Å². The quantitative estimate of drug-likeness (QED) is 0.774. The molecule has 2 amide bonds. The van der Waals surface area contributed by atoms with Gasteiger partial charge in [-0.3, -0.25) is 9.59 Å². The number of primary amides is 1. The minimum atomic E-state index is -3.46. The average molecular weight is 340 g/mol. The Morgan fingerprint density at radius 2 is 1.96 bits per heavy atom. The molecule has 0 aliphatic carbocycles. The van der Waals surface area contributed by atoms with Gasteiger partial charge in [-0.15, -0.1) is 0 Å². The van der Waals surface area contributed by atoms with Crippen LogP contribution in [0.1, 0.15) is 16.2 Å². The summed E-state index contributed by atoms with van der Waals surface area (Å²) in [5.74, 6) is -1.72. The summed E-state index contributed by atoms with van der Waals surface area (Å²) in [6, 6.07) is 5.09. The molecule has 126 valence electrons. The zero-order valence-electron chi connectivity index (χ0n) is 13.1. The van der Waals surface area contributed by atoms with Crippen molar-refractivity contribution in [3.63, 3.8) is 0 Å². The fraction of sp³-hybridized carbons (Fsp3) is 0.500. The topological polar surface area (TPSA) is 114 Å². The Hall–Kier alpha value is -2.00. The third-order valence-electron chi connectivity index (χ3n) is 3.75. The van der Waals surface area contributed by atoms with Gasteiger partial charge in [0, 0.05) is 31.9 Å². The molecule has 1 fully saturated rings. The summed E-state index contributed by atoms with van der Waals surface area (Å²) in [4.78, 5) is 29.8. The highest BCUT2D eigenvalue weighted by Gasteiger charge is 2.32. The van der Waals surface area contributed by atoms with E-state index in [0.29, 0.717) is 5.69 Å². The van der Waals surface area contributed by atoms with E-state index in [-0.39, 0.29) is 37.8 Å². The second-order valence-corrected chi connectivity index (χ2v) is 7.62. The predicted octanol–water partition coefficient (Wildman–Crippen LogP) is -0.791. The van der Waals surface area contributed by atoms with E-state index in [4.69, 9.17) is 5.73 Å². The number of aryl methyl sites for hydroxylation is 1. The van der Waals surface area contributed by atoms with Crippen LogP contribution < -0.4 is 5.73 Å². The standard InChI is InChI=1S/C14H20N4O4S/c1-10-4-3-5-12(16-10)14(20)17-6-7-18(23(2,21)22)9-11(8-17)13(15)19/h3-5,11H,6-9H2,1-2H3,(H2,15,19). The maximum atomic E-state index is 12.6. The molecule has 8 nitrogen and oxygen atoms in total. The van der Waals surface area contributed by atoms with Gasteiger partial charge < -0.3 is 10.6 Å². The lowest BCUT2D eigenvalue weighted by Crippen LogP contribution is -2.41. The Morgan fingerprint density at radius 3 is 2.52 bits per heavy atom. The number of amides is 2. The minimum absolute atomic E-state index is 0.0147. The molecular weight excluding hydrogens is 320 g/mol. The van der Waals surface area contributed by atoms with Gasteiger partial charge >= 0.3 is 0 Å². The number of aromatic nitrogens is 1. The van der Waals surface area contributed by atoms with Gasteiger partial charge in [0.1, 0.15) is 5.69 Å². The zero-order valence-corrected chi connectivity index (χ0v) is 13.9. The second kappa shape index (κ2) is 6.63. The van der Waals surface area contributed by atoms with Crippen LogP contribution in [0.15, 0.2) is 18.2 Å². The number of nitrogens with two attached hydrogens (primary N) is 1. The number of carbonyl (C=O) groups excluding carboxylic acids is 2. The molecule has 1 unspecified atom stereocenters. The van der Waals surface area contributed by atoms with E-state index >= 15 is 0 Å². The molecule has 0 aromatic carbocycles. The first-order valence-corrected chi connectivity index (χ1v) is 9.00. The normalized spacial score (nSPS) is 20.1. The first kappa shape index (κ1) is 17.4. The zero-order chi connectivity index (χ0) is 17.2. The smallest absolute Gasteiger partial charge is 0.272 e. The van der Waals surface area contributed by atoms with Crippen LogP contribution in [-0.2, 0) is 14.8 Å². The van der Waals surface area contributed by atoms with Crippen LogP contribution in [0, 0.1) is 12.8 Å². The summed E-state index contributed by atoms with van der Waals surface area (Å²) in [6.45, 7) is 2.15. The third-order valence-corrected chi connectivity index (χ3v) is 5.02. The van der Waals surface area contributed by atoms with Crippen molar-refractivity contribution >= 4 is 21.8 Å². The lowest BCUT2D eigenvalue weighted by Gasteiger charge is -2.22. The number of rotatable bonds is 3. The Morgan fingerprint density at radius 1 is 1.26 bits per heavy atom. The molecule has 1 aromatic heterocycles. The van der Waals surface area contributed by atoms with Crippen molar-refractivity contribution in [3.05, 3.63) is 29.6 Å². The maximum absolute atomic E-state index is 12.6. The van der Waals surface area contributed by atoms with E-state index in [1.54, 1.807) is 25.1 Å². The summed E-state index contributed by atoms with van der Waals surface area (Å²) in [5, 5.41) is 0. The van der Waals surface area contributed by atoms with Crippen LogP contribution in [-0.4, -0.2) is 66.9 Å². The molecule has 1 aliphatic heterocycles. The number of sulfonamides is 1. The van der Waals surface area contributed by atoms with Crippen molar-refractivity contribution in [3.8, 4) is 0 Å². The molecular formula is C14H20N4O4S. The number of hydrogen-bond acceptors (Lipinski definition) is 5. The molecule has 23 heavy (non-hydrogen) atoms. The molecule has 1 aromatic rings. The van der Waals surface area contributed by atoms with E-state index in [1.165, 1.54) is 9.21 Å². The Bertz CT molecular complexity index is 719. The van der Waals surface area contributed by atoms with Crippen molar-refractivity contribution in [2.45, 2.75) is 6.92 Å². The first-order chi connectivity index (χ1) is 10.7. The highest BCUT2D eigenvalue weighted by atomic mass is 32.2. The van der Waals surface area contributed by atoms with Gasteiger partial charge in [0.2, 0.25) is 15.9 Å². The van der Waals surface area contributed by atoms with E-state index in [0.717, 1.165) is 6.26 Å². The Balaban J connectivity index is 2.26. The summed E-state index contributed by atoms with van der Waals surface area (Å²) in [5.41, 5.74) is 6.32. The maximum Gasteiger partial charge on any atom is 0.272 e. The molecule has 0 saturated carbocycles. The monoisotopic (exact) mass is 340 g/mol. The van der Waals surface area contributed by atoms with Crippen molar-refractivity contribution in [1.29, 1.82) is 0 Å². The lowest BCUT2D eigenvalue weighted by molar-refractivity contribution is -0.122. The second-order valence-electron chi connectivity index (χ2n) is 5.64. The van der Waals surface area contributed by atoms with E-state index in [2.05, 4.69) is 4.98 Å². The van der Waals surface area contributed by atoms with Gasteiger partial charge in [-0.1, -0.05) is 6.07 Å². The minimum Gasteiger partial charge on any atom is -0.369 e. The first-order valence-electron chi connectivity index (χ1n) is 7.16. The van der Waals surface area contributed by atoms with Gasteiger partial charge in [0.25, 0.3) is 5.91 Å². The van der Waals surface area contributed by atoms with Crippen LogP contribution in [0.25, 0.3) is 0 Å². The number of pyridine rings is 1. The third kappa shape index (κ3) is 4.26. The molecule has 1 aliphatic rings. The average Bonchev–Trinajstić information content (AvgIpc) is 2.69. The highest BCUT2D eigenvalue weighted by molar-refractivity contribution is 7.88. The fourth-order valence-electron chi connectivity index (χ4n) is 2.47. The van der Waals surface area contributed by atoms with Gasteiger partial charge in [-0.25, -0.2) is 13.4 Å². The molecule has 1 saturated heterocycles. The van der Waals surface area contributed by atoms with E-state index in [1.807, 2.05) is 0 Å². The lowest BCUT2D eigenvalue weighted by atomic mass is 10.1. The predicted molar refractivity (Wildman–Crippen MR) is 84.0 cm³/mol. The van der Waals surface area contributed by atoms with Gasteiger partial charge in [0.05, 0.1) is 12.2 Å². The van der Waals surface area contributed by atoms with Crippen molar-refractivity contribution in [2.24, 2.45) is 11.7 Å². The van der Waals surface area contributed by atoms with E-state index in [9.17, 15) is 18.0 Å². The Labute approximate surface area is 135 Å². The Kier molecular flexibility index (Phi) is 5.00. The summed E-state index contributed by atoms with van der Waals surface area (Å²) in [7, 11) is -3.46. The molecule has 0 radical (unpaired) electrons. The number of hydrogen-bond donors (Lipinski definition) is 1. The number of carbonyl (C=O) groups is 2. The summed E-state index contributed by atoms with van der Waals surface area (Å²) in [6.07, 6.45) is 1.07. The van der Waals surface area contributed by atoms with Crippen molar-refractivity contribution in [1.82, 2.24) is 14.2 Å². The SMILES string of the molecule is Cc1cccc(C(=O)N2CCN(S(C)(=O)=O)CC(C(N)=O)C2)n1. The molecule has 0 spiro atoms. The molecule has 0 bridgehead atoms. The summed E-state index contributed by atoms with van der Waals surface area (Å²) < 4.78 is 24.7. The molecule has 2 rings (SSSR count). The summed E-state index contributed by atoms with van der Waals surface area (Å²) >= 11 is 0. The van der Waals surface area contributed by atoms with Crippen LogP contribution in [0.3, 0.4) is 0 Å². The largest absolute Gasteiger partial charge is 0.369 e. The van der Waals surface area contributed by atoms with Gasteiger partial charge in [-0.05, 0) is 19.1 Å². The molecule has 2 heterocycles. The highest BCUT2D eigenvalue weighted by Crippen LogP contribution is 2.14. The molecule has 2 N–H and O–H groups in total. The fourth-order valence-corrected chi connectivity index (χ4v) is 3.34. The van der Waals surface area contributed by atoms with Crippen molar-refractivity contribution < 1.29 is 18.0 Å². The van der Waals surface area contributed by atoms with Crippen LogP contribution in [0.2, 0.25) is 0 Å². The van der Waals surface area contributed by atoms with E-state index < -0.39 is 21.8 Å². The van der Waals surface area contributed by atoms with Crippen LogP contribution >= 0.6 is 0 Å². The number of nitrogens with zero attached hydrogens (tertiary/aromatic N) is 3.